The summed E-state index contributed by atoms with van der Waals surface area (Å²) in [6.07, 6.45) is 3.48. The fourth-order valence-corrected chi connectivity index (χ4v) is 4.77. The number of rotatable bonds is 8. The number of carbonyl (C=O) groups excluding carboxylic acids is 2. The second kappa shape index (κ2) is 11.4. The van der Waals surface area contributed by atoms with Crippen molar-refractivity contribution in [1.82, 2.24) is 20.4 Å². The number of nitrogens with one attached hydrogen (secondary N) is 2. The fraction of sp³-hybridized carbons (Fsp3) is 0.333. The van der Waals surface area contributed by atoms with Crippen molar-refractivity contribution in [3.05, 3.63) is 75.2 Å². The number of hydrogen-bond acceptors (Lipinski definition) is 6. The SMILES string of the molecule is O=C(NCCN1CCC(Cc2ccccc2)CC1)c1nnc(C(=O)Nc2cccc(Cl)c2)s1. The predicted molar refractivity (Wildman–Crippen MR) is 131 cm³/mol. The lowest BCUT2D eigenvalue weighted by molar-refractivity contribution is 0.0941. The molecule has 9 heteroatoms. The third kappa shape index (κ3) is 6.83. The van der Waals surface area contributed by atoms with Crippen molar-refractivity contribution in [2.75, 3.05) is 31.5 Å². The molecule has 0 radical (unpaired) electrons. The van der Waals surface area contributed by atoms with E-state index in [4.69, 9.17) is 11.6 Å². The molecule has 1 aromatic heterocycles. The molecule has 0 bridgehead atoms. The van der Waals surface area contributed by atoms with Crippen LogP contribution in [-0.2, 0) is 6.42 Å². The summed E-state index contributed by atoms with van der Waals surface area (Å²) in [5, 5.41) is 14.1. The van der Waals surface area contributed by atoms with E-state index in [0.29, 0.717) is 17.3 Å². The lowest BCUT2D eigenvalue weighted by atomic mass is 9.90. The number of halogens is 1. The summed E-state index contributed by atoms with van der Waals surface area (Å²) in [4.78, 5) is 27.1. The number of nitrogens with zero attached hydrogens (tertiary/aromatic N) is 3. The lowest BCUT2D eigenvalue weighted by Crippen LogP contribution is -2.39. The topological polar surface area (TPSA) is 87.2 Å². The largest absolute Gasteiger partial charge is 0.349 e. The zero-order chi connectivity index (χ0) is 23.0. The smallest absolute Gasteiger partial charge is 0.286 e. The van der Waals surface area contributed by atoms with Crippen LogP contribution in [0.3, 0.4) is 0 Å². The van der Waals surface area contributed by atoms with E-state index in [9.17, 15) is 9.59 Å². The van der Waals surface area contributed by atoms with Crippen LogP contribution in [0.1, 0.15) is 38.0 Å². The number of amides is 2. The van der Waals surface area contributed by atoms with Gasteiger partial charge >= 0.3 is 0 Å². The minimum Gasteiger partial charge on any atom is -0.349 e. The molecule has 0 aliphatic carbocycles. The molecule has 2 heterocycles. The number of likely N-dealkylation sites (tertiary alicyclic amines) is 1. The maximum absolute atomic E-state index is 12.4. The van der Waals surface area contributed by atoms with Gasteiger partial charge in [-0.1, -0.05) is 59.3 Å². The van der Waals surface area contributed by atoms with Crippen LogP contribution in [0.5, 0.6) is 0 Å². The number of aromatic nitrogens is 2. The molecule has 7 nitrogen and oxygen atoms in total. The Kier molecular flexibility index (Phi) is 8.04. The molecule has 2 aromatic carbocycles. The Morgan fingerprint density at radius 1 is 1.00 bits per heavy atom. The van der Waals surface area contributed by atoms with Crippen LogP contribution in [0.2, 0.25) is 5.02 Å². The number of hydrogen-bond donors (Lipinski definition) is 2. The van der Waals surface area contributed by atoms with Crippen molar-refractivity contribution in [3.8, 4) is 0 Å². The Hall–Kier alpha value is -2.81. The van der Waals surface area contributed by atoms with E-state index in [2.05, 4.69) is 56.1 Å². The van der Waals surface area contributed by atoms with Crippen LogP contribution in [0.4, 0.5) is 5.69 Å². The Bertz CT molecular complexity index is 1080. The maximum Gasteiger partial charge on any atom is 0.286 e. The molecule has 33 heavy (non-hydrogen) atoms. The third-order valence-electron chi connectivity index (χ3n) is 5.68. The first-order valence-corrected chi connectivity index (χ1v) is 12.2. The molecule has 1 saturated heterocycles. The van der Waals surface area contributed by atoms with Crippen molar-refractivity contribution in [2.45, 2.75) is 19.3 Å². The molecule has 172 valence electrons. The molecular weight excluding hydrogens is 458 g/mol. The van der Waals surface area contributed by atoms with Crippen molar-refractivity contribution in [3.63, 3.8) is 0 Å². The predicted octanol–water partition coefficient (Wildman–Crippen LogP) is 4.13. The quantitative estimate of drug-likeness (QED) is 0.503. The molecule has 2 N–H and O–H groups in total. The normalized spacial score (nSPS) is 14.7. The van der Waals surface area contributed by atoms with Gasteiger partial charge in [0.1, 0.15) is 0 Å². The number of piperidine rings is 1. The van der Waals surface area contributed by atoms with Crippen molar-refractivity contribution >= 4 is 40.4 Å². The third-order valence-corrected chi connectivity index (χ3v) is 6.84. The standard InChI is InChI=1S/C24H26ClN5O2S/c25-19-7-4-8-20(16-19)27-22(32)24-29-28-23(33-24)21(31)26-11-14-30-12-9-18(10-13-30)15-17-5-2-1-3-6-17/h1-8,16,18H,9-15H2,(H,26,31)(H,27,32). The van der Waals surface area contributed by atoms with Gasteiger partial charge in [0, 0.05) is 23.8 Å². The molecule has 3 aromatic rings. The summed E-state index contributed by atoms with van der Waals surface area (Å²) in [7, 11) is 0. The zero-order valence-electron chi connectivity index (χ0n) is 18.2. The number of anilines is 1. The van der Waals surface area contributed by atoms with Gasteiger partial charge in [0.2, 0.25) is 10.0 Å². The average Bonchev–Trinajstić information content (AvgIpc) is 3.32. The minimum absolute atomic E-state index is 0.126. The summed E-state index contributed by atoms with van der Waals surface area (Å²) in [6, 6.07) is 17.5. The van der Waals surface area contributed by atoms with E-state index >= 15 is 0 Å². The van der Waals surface area contributed by atoms with E-state index in [0.717, 1.165) is 43.3 Å². The Balaban J connectivity index is 1.18. The highest BCUT2D eigenvalue weighted by molar-refractivity contribution is 7.15. The van der Waals surface area contributed by atoms with Crippen molar-refractivity contribution < 1.29 is 9.59 Å². The molecule has 4 rings (SSSR count). The summed E-state index contributed by atoms with van der Waals surface area (Å²) in [5.41, 5.74) is 1.96. The van der Waals surface area contributed by atoms with Gasteiger partial charge in [0.15, 0.2) is 0 Å². The van der Waals surface area contributed by atoms with Gasteiger partial charge in [0.25, 0.3) is 11.8 Å². The minimum atomic E-state index is -0.424. The highest BCUT2D eigenvalue weighted by Gasteiger charge is 2.20. The second-order valence-corrected chi connectivity index (χ2v) is 9.52. The summed E-state index contributed by atoms with van der Waals surface area (Å²) in [6.45, 7) is 3.41. The summed E-state index contributed by atoms with van der Waals surface area (Å²) in [5.74, 6) is -0.0171. The van der Waals surface area contributed by atoms with Crippen LogP contribution in [0.15, 0.2) is 54.6 Å². The molecule has 0 unspecified atom stereocenters. The molecule has 1 aliphatic heterocycles. The molecule has 0 saturated carbocycles. The first-order valence-electron chi connectivity index (χ1n) is 11.0. The monoisotopic (exact) mass is 483 g/mol. The Morgan fingerprint density at radius 2 is 1.73 bits per heavy atom. The van der Waals surface area contributed by atoms with Crippen LogP contribution in [0, 0.1) is 5.92 Å². The molecule has 1 fully saturated rings. The second-order valence-electron chi connectivity index (χ2n) is 8.11. The summed E-state index contributed by atoms with van der Waals surface area (Å²) < 4.78 is 0. The fourth-order valence-electron chi connectivity index (χ4n) is 3.92. The maximum atomic E-state index is 12.4. The highest BCUT2D eigenvalue weighted by Crippen LogP contribution is 2.21. The lowest BCUT2D eigenvalue weighted by Gasteiger charge is -2.32. The van der Waals surface area contributed by atoms with Crippen molar-refractivity contribution in [2.24, 2.45) is 5.92 Å². The molecule has 0 atom stereocenters. The number of benzene rings is 2. The number of carbonyl (C=O) groups is 2. The molecule has 0 spiro atoms. The van der Waals surface area contributed by atoms with Gasteiger partial charge in [0.05, 0.1) is 0 Å². The van der Waals surface area contributed by atoms with Gasteiger partial charge in [-0.3, -0.25) is 9.59 Å². The van der Waals surface area contributed by atoms with Crippen molar-refractivity contribution in [1.29, 1.82) is 0 Å². The molecule has 1 aliphatic rings. The van der Waals surface area contributed by atoms with E-state index < -0.39 is 5.91 Å². The Labute approximate surface area is 202 Å². The van der Waals surface area contributed by atoms with Gasteiger partial charge in [-0.05, 0) is 62.0 Å². The van der Waals surface area contributed by atoms with Gasteiger partial charge < -0.3 is 15.5 Å². The van der Waals surface area contributed by atoms with Gasteiger partial charge in [-0.2, -0.15) is 0 Å². The average molecular weight is 484 g/mol. The van der Waals surface area contributed by atoms with Crippen LogP contribution in [-0.4, -0.2) is 53.1 Å². The first kappa shape index (κ1) is 23.4. The first-order chi connectivity index (χ1) is 16.1. The van der Waals surface area contributed by atoms with E-state index in [-0.39, 0.29) is 15.9 Å². The van der Waals surface area contributed by atoms with Gasteiger partial charge in [-0.15, -0.1) is 10.2 Å². The molecular formula is C24H26ClN5O2S. The molecule has 2 amide bonds. The van der Waals surface area contributed by atoms with Gasteiger partial charge in [-0.25, -0.2) is 0 Å². The summed E-state index contributed by atoms with van der Waals surface area (Å²) >= 11 is 6.90. The van der Waals surface area contributed by atoms with E-state index in [1.54, 1.807) is 24.3 Å². The van der Waals surface area contributed by atoms with E-state index in [1.165, 1.54) is 18.4 Å². The van der Waals surface area contributed by atoms with Crippen LogP contribution < -0.4 is 10.6 Å². The van der Waals surface area contributed by atoms with E-state index in [1.807, 2.05) is 0 Å². The zero-order valence-corrected chi connectivity index (χ0v) is 19.7. The van der Waals surface area contributed by atoms with Crippen LogP contribution in [0.25, 0.3) is 0 Å². The van der Waals surface area contributed by atoms with Crippen LogP contribution >= 0.6 is 22.9 Å². The Morgan fingerprint density at radius 3 is 2.45 bits per heavy atom. The highest BCUT2D eigenvalue weighted by atomic mass is 35.5.